The summed E-state index contributed by atoms with van der Waals surface area (Å²) in [6, 6.07) is 6.00. The largest absolute Gasteiger partial charge is 0.378 e. The summed E-state index contributed by atoms with van der Waals surface area (Å²) in [5, 5.41) is 3.03. The number of pyridine rings is 1. The van der Waals surface area contributed by atoms with Gasteiger partial charge in [-0.2, -0.15) is 0 Å². The van der Waals surface area contributed by atoms with Crippen molar-refractivity contribution >= 4 is 11.8 Å². The van der Waals surface area contributed by atoms with E-state index in [-0.39, 0.29) is 6.03 Å². The normalized spacial score (nSPS) is 22.0. The lowest BCUT2D eigenvalue weighted by Gasteiger charge is -2.23. The number of amides is 2. The second-order valence-electron chi connectivity index (χ2n) is 6.17. The first-order valence-electron chi connectivity index (χ1n) is 8.63. The topological polar surface area (TPSA) is 57.7 Å². The van der Waals surface area contributed by atoms with Gasteiger partial charge >= 0.3 is 6.03 Å². The molecule has 1 aromatic rings. The molecule has 0 bridgehead atoms. The molecule has 1 aromatic heterocycles. The molecule has 1 N–H and O–H groups in total. The Morgan fingerprint density at radius 2 is 2.22 bits per heavy atom. The van der Waals surface area contributed by atoms with Crippen LogP contribution in [0.25, 0.3) is 0 Å². The zero-order valence-electron chi connectivity index (χ0n) is 13.6. The molecular weight excluding hydrogens is 292 g/mol. The van der Waals surface area contributed by atoms with Crippen LogP contribution in [-0.4, -0.2) is 61.3 Å². The third kappa shape index (κ3) is 4.58. The van der Waals surface area contributed by atoms with E-state index in [1.165, 1.54) is 0 Å². The number of aromatic nitrogens is 1. The monoisotopic (exact) mass is 318 g/mol. The summed E-state index contributed by atoms with van der Waals surface area (Å²) in [7, 11) is 0. The zero-order valence-corrected chi connectivity index (χ0v) is 13.6. The minimum Gasteiger partial charge on any atom is -0.378 e. The Balaban J connectivity index is 1.42. The summed E-state index contributed by atoms with van der Waals surface area (Å²) in [5.41, 5.74) is 0. The van der Waals surface area contributed by atoms with E-state index in [0.29, 0.717) is 12.6 Å². The highest BCUT2D eigenvalue weighted by Gasteiger charge is 2.20. The van der Waals surface area contributed by atoms with Gasteiger partial charge in [-0.05, 0) is 37.8 Å². The SMILES string of the molecule is O=C(NCC[C@@H]1CCCO1)N1CCCN(c2ccccn2)CC1. The first-order valence-corrected chi connectivity index (χ1v) is 8.63. The third-order valence-corrected chi connectivity index (χ3v) is 4.52. The minimum atomic E-state index is 0.0471. The van der Waals surface area contributed by atoms with Gasteiger partial charge in [0.25, 0.3) is 0 Å². The predicted octanol–water partition coefficient (Wildman–Crippen LogP) is 1.87. The van der Waals surface area contributed by atoms with Crippen molar-refractivity contribution in [2.24, 2.45) is 0 Å². The van der Waals surface area contributed by atoms with Crippen molar-refractivity contribution in [2.45, 2.75) is 31.8 Å². The molecule has 23 heavy (non-hydrogen) atoms. The van der Waals surface area contributed by atoms with Crippen LogP contribution in [0.15, 0.2) is 24.4 Å². The summed E-state index contributed by atoms with van der Waals surface area (Å²) in [5.74, 6) is 0.994. The van der Waals surface area contributed by atoms with E-state index in [0.717, 1.165) is 64.3 Å². The molecule has 6 nitrogen and oxygen atoms in total. The third-order valence-electron chi connectivity index (χ3n) is 4.52. The maximum Gasteiger partial charge on any atom is 0.317 e. The molecule has 1 atom stereocenters. The van der Waals surface area contributed by atoms with Crippen LogP contribution in [0.5, 0.6) is 0 Å². The quantitative estimate of drug-likeness (QED) is 0.921. The highest BCUT2D eigenvalue weighted by atomic mass is 16.5. The van der Waals surface area contributed by atoms with Crippen LogP contribution in [0.2, 0.25) is 0 Å². The Morgan fingerprint density at radius 1 is 1.26 bits per heavy atom. The number of nitrogens with one attached hydrogen (secondary N) is 1. The van der Waals surface area contributed by atoms with Gasteiger partial charge in [0.2, 0.25) is 0 Å². The number of carbonyl (C=O) groups excluding carboxylic acids is 1. The van der Waals surface area contributed by atoms with Gasteiger partial charge in [0.15, 0.2) is 0 Å². The van der Waals surface area contributed by atoms with Gasteiger partial charge in [0, 0.05) is 45.5 Å². The number of ether oxygens (including phenoxy) is 1. The summed E-state index contributed by atoms with van der Waals surface area (Å²) >= 11 is 0. The van der Waals surface area contributed by atoms with Crippen LogP contribution in [0.1, 0.15) is 25.7 Å². The Labute approximate surface area is 137 Å². The van der Waals surface area contributed by atoms with Crippen LogP contribution in [0.3, 0.4) is 0 Å². The van der Waals surface area contributed by atoms with Crippen molar-refractivity contribution in [1.82, 2.24) is 15.2 Å². The van der Waals surface area contributed by atoms with E-state index in [4.69, 9.17) is 4.74 Å². The maximum absolute atomic E-state index is 12.3. The van der Waals surface area contributed by atoms with Gasteiger partial charge in [0.1, 0.15) is 5.82 Å². The Bertz CT molecular complexity index is 491. The van der Waals surface area contributed by atoms with E-state index in [1.54, 1.807) is 0 Å². The van der Waals surface area contributed by atoms with Gasteiger partial charge < -0.3 is 19.9 Å². The van der Waals surface area contributed by atoms with Crippen molar-refractivity contribution in [2.75, 3.05) is 44.2 Å². The van der Waals surface area contributed by atoms with Crippen LogP contribution in [0.4, 0.5) is 10.6 Å². The number of urea groups is 1. The first kappa shape index (κ1) is 16.1. The first-order chi connectivity index (χ1) is 11.3. The second-order valence-corrected chi connectivity index (χ2v) is 6.17. The van der Waals surface area contributed by atoms with E-state index < -0.39 is 0 Å². The van der Waals surface area contributed by atoms with Crippen LogP contribution >= 0.6 is 0 Å². The molecular formula is C17H26N4O2. The standard InChI is InChI=1S/C17H26N4O2/c22-17(19-9-7-15-5-3-14-23-15)21-11-4-10-20(12-13-21)16-6-1-2-8-18-16/h1-2,6,8,15H,3-5,7,9-14H2,(H,19,22)/t15-/m0/s1. The van der Waals surface area contributed by atoms with Crippen LogP contribution < -0.4 is 10.2 Å². The second kappa shape index (κ2) is 8.15. The molecule has 0 aliphatic carbocycles. The summed E-state index contributed by atoms with van der Waals surface area (Å²) in [6.07, 6.45) is 6.30. The van der Waals surface area contributed by atoms with Gasteiger partial charge in [-0.3, -0.25) is 0 Å². The summed E-state index contributed by atoms with van der Waals surface area (Å²) in [6.45, 7) is 4.88. The number of carbonyl (C=O) groups is 1. The van der Waals surface area contributed by atoms with Crippen molar-refractivity contribution < 1.29 is 9.53 Å². The molecule has 3 rings (SSSR count). The number of nitrogens with zero attached hydrogens (tertiary/aromatic N) is 3. The number of rotatable bonds is 4. The van der Waals surface area contributed by atoms with Gasteiger partial charge in [0.05, 0.1) is 6.10 Å². The maximum atomic E-state index is 12.3. The van der Waals surface area contributed by atoms with Crippen molar-refractivity contribution in [3.05, 3.63) is 24.4 Å². The molecule has 0 radical (unpaired) electrons. The zero-order chi connectivity index (χ0) is 15.9. The Kier molecular flexibility index (Phi) is 5.69. The molecule has 0 spiro atoms. The molecule has 2 fully saturated rings. The summed E-state index contributed by atoms with van der Waals surface area (Å²) in [4.78, 5) is 20.9. The molecule has 0 saturated carbocycles. The fourth-order valence-electron chi connectivity index (χ4n) is 3.21. The molecule has 126 valence electrons. The van der Waals surface area contributed by atoms with Crippen molar-refractivity contribution in [3.8, 4) is 0 Å². The Morgan fingerprint density at radius 3 is 3.00 bits per heavy atom. The molecule has 2 amide bonds. The average Bonchev–Trinajstić information content (AvgIpc) is 2.97. The molecule has 2 aliphatic heterocycles. The number of hydrogen-bond donors (Lipinski definition) is 1. The fraction of sp³-hybridized carbons (Fsp3) is 0.647. The fourth-order valence-corrected chi connectivity index (χ4v) is 3.21. The molecule has 2 saturated heterocycles. The van der Waals surface area contributed by atoms with E-state index in [1.807, 2.05) is 29.3 Å². The smallest absolute Gasteiger partial charge is 0.317 e. The molecule has 0 unspecified atom stereocenters. The lowest BCUT2D eigenvalue weighted by molar-refractivity contribution is 0.104. The highest BCUT2D eigenvalue weighted by molar-refractivity contribution is 5.74. The van der Waals surface area contributed by atoms with E-state index >= 15 is 0 Å². The van der Waals surface area contributed by atoms with Crippen LogP contribution in [-0.2, 0) is 4.74 Å². The Hall–Kier alpha value is -1.82. The van der Waals surface area contributed by atoms with Gasteiger partial charge in [-0.25, -0.2) is 9.78 Å². The lowest BCUT2D eigenvalue weighted by Crippen LogP contribution is -2.42. The average molecular weight is 318 g/mol. The van der Waals surface area contributed by atoms with Crippen molar-refractivity contribution in [1.29, 1.82) is 0 Å². The van der Waals surface area contributed by atoms with Crippen LogP contribution in [0, 0.1) is 0 Å². The summed E-state index contributed by atoms with van der Waals surface area (Å²) < 4.78 is 5.58. The number of hydrogen-bond acceptors (Lipinski definition) is 4. The molecule has 6 heteroatoms. The van der Waals surface area contributed by atoms with Gasteiger partial charge in [-0.15, -0.1) is 0 Å². The van der Waals surface area contributed by atoms with Gasteiger partial charge in [-0.1, -0.05) is 6.07 Å². The van der Waals surface area contributed by atoms with E-state index in [2.05, 4.69) is 15.2 Å². The lowest BCUT2D eigenvalue weighted by atomic mass is 10.2. The molecule has 2 aliphatic rings. The number of anilines is 1. The predicted molar refractivity (Wildman–Crippen MR) is 89.6 cm³/mol. The van der Waals surface area contributed by atoms with E-state index in [9.17, 15) is 4.79 Å². The van der Waals surface area contributed by atoms with Crippen molar-refractivity contribution in [3.63, 3.8) is 0 Å². The molecule has 0 aromatic carbocycles. The molecule has 3 heterocycles. The highest BCUT2D eigenvalue weighted by Crippen LogP contribution is 2.15. The minimum absolute atomic E-state index is 0.0471.